The molecule has 9 heteroatoms. The molecule has 2 atom stereocenters. The van der Waals surface area contributed by atoms with Crippen LogP contribution in [0.2, 0.25) is 0 Å². The van der Waals surface area contributed by atoms with Crippen molar-refractivity contribution in [2.45, 2.75) is 92.6 Å². The number of rotatable bonds is 10. The molecule has 0 heterocycles. The van der Waals surface area contributed by atoms with Crippen LogP contribution in [0.25, 0.3) is 0 Å². The van der Waals surface area contributed by atoms with Crippen LogP contribution in [0.1, 0.15) is 101 Å². The quantitative estimate of drug-likeness (QED) is 0.129. The van der Waals surface area contributed by atoms with Crippen molar-refractivity contribution in [1.29, 1.82) is 0 Å². The van der Waals surface area contributed by atoms with Crippen molar-refractivity contribution in [3.63, 3.8) is 0 Å². The molecule has 0 aliphatic carbocycles. The molecule has 40 heavy (non-hydrogen) atoms. The predicted molar refractivity (Wildman–Crippen MR) is 148 cm³/mol. The first kappa shape index (κ1) is 32.8. The van der Waals surface area contributed by atoms with E-state index in [0.29, 0.717) is 0 Å². The van der Waals surface area contributed by atoms with E-state index in [9.17, 15) is 14.4 Å². The van der Waals surface area contributed by atoms with E-state index in [1.807, 2.05) is 24.3 Å². The van der Waals surface area contributed by atoms with Gasteiger partial charge in [-0.15, -0.1) is 9.78 Å². The molecule has 0 N–H and O–H groups in total. The van der Waals surface area contributed by atoms with Crippen LogP contribution >= 0.6 is 0 Å². The molecule has 0 amide bonds. The fraction of sp³-hybridized carbons (Fsp3) is 0.516. The largest absolute Gasteiger partial charge is 0.513 e. The molecule has 0 aromatic heterocycles. The van der Waals surface area contributed by atoms with Crippen LogP contribution in [0, 0.1) is 11.8 Å². The zero-order valence-corrected chi connectivity index (χ0v) is 25.1. The Balaban J connectivity index is 1.92. The second kappa shape index (κ2) is 13.8. The van der Waals surface area contributed by atoms with Crippen LogP contribution in [0.5, 0.6) is 0 Å². The maximum Gasteiger partial charge on any atom is 0.513 e. The number of hydrogen-bond acceptors (Lipinski definition) is 9. The van der Waals surface area contributed by atoms with Crippen LogP contribution in [-0.2, 0) is 39.9 Å². The minimum atomic E-state index is -1.26. The average Bonchev–Trinajstić information content (AvgIpc) is 2.87. The highest BCUT2D eigenvalue weighted by Gasteiger charge is 2.29. The van der Waals surface area contributed by atoms with Crippen molar-refractivity contribution in [3.8, 4) is 0 Å². The van der Waals surface area contributed by atoms with Gasteiger partial charge in [0, 0.05) is 11.8 Å². The second-order valence-corrected chi connectivity index (χ2v) is 12.3. The zero-order chi connectivity index (χ0) is 30.3. The summed E-state index contributed by atoms with van der Waals surface area (Å²) in [5.74, 6) is -2.27. The van der Waals surface area contributed by atoms with E-state index in [4.69, 9.17) is 29.0 Å². The lowest BCUT2D eigenvalue weighted by atomic mass is 9.87. The van der Waals surface area contributed by atoms with E-state index < -0.39 is 42.5 Å². The smallest absolute Gasteiger partial charge is 0.400 e. The summed E-state index contributed by atoms with van der Waals surface area (Å²) in [6, 6.07) is 13.9. The highest BCUT2D eigenvalue weighted by molar-refractivity contribution is 5.89. The molecule has 2 aromatic carbocycles. The molecule has 2 rings (SSSR count). The van der Waals surface area contributed by atoms with E-state index in [0.717, 1.165) is 11.1 Å². The molecule has 0 saturated heterocycles. The van der Waals surface area contributed by atoms with Gasteiger partial charge in [-0.1, -0.05) is 93.5 Å². The Morgan fingerprint density at radius 3 is 1.10 bits per heavy atom. The number of hydrogen-bond donors (Lipinski definition) is 0. The van der Waals surface area contributed by atoms with Gasteiger partial charge in [-0.3, -0.25) is 9.78 Å². The maximum absolute atomic E-state index is 12.5. The lowest BCUT2D eigenvalue weighted by Gasteiger charge is -2.23. The summed E-state index contributed by atoms with van der Waals surface area (Å²) in [6.45, 7) is 19.2. The Labute approximate surface area is 236 Å². The fourth-order valence-corrected chi connectivity index (χ4v) is 3.24. The van der Waals surface area contributed by atoms with Gasteiger partial charge >= 0.3 is 18.1 Å². The van der Waals surface area contributed by atoms with E-state index in [-0.39, 0.29) is 22.0 Å². The standard InChI is InChI=1S/C31H42O9/c1-19(2)27(39-37-25(32)21-11-15-23(16-12-21)30(5,6)7)35-29(34)36-28(20(3)4)40-38-26(33)22-13-17-24(18-14-22)31(8,9)10/h11-20,27-28H,1-10H3. The van der Waals surface area contributed by atoms with Gasteiger partial charge in [0.2, 0.25) is 0 Å². The van der Waals surface area contributed by atoms with E-state index in [2.05, 4.69) is 41.5 Å². The Morgan fingerprint density at radius 1 is 0.550 bits per heavy atom. The minimum Gasteiger partial charge on any atom is -0.400 e. The van der Waals surface area contributed by atoms with Gasteiger partial charge in [-0.25, -0.2) is 14.4 Å². The molecule has 0 bridgehead atoms. The van der Waals surface area contributed by atoms with Crippen molar-refractivity contribution in [1.82, 2.24) is 0 Å². The molecule has 0 aliphatic rings. The van der Waals surface area contributed by atoms with E-state index >= 15 is 0 Å². The summed E-state index contributed by atoms with van der Waals surface area (Å²) in [5.41, 5.74) is 2.54. The Bertz CT molecular complexity index is 1030. The average molecular weight is 559 g/mol. The number of carbonyl (C=O) groups excluding carboxylic acids is 3. The van der Waals surface area contributed by atoms with Gasteiger partial charge in [0.25, 0.3) is 12.6 Å². The molecule has 0 spiro atoms. The first-order valence-corrected chi connectivity index (χ1v) is 13.3. The summed E-state index contributed by atoms with van der Waals surface area (Å²) in [4.78, 5) is 57.4. The lowest BCUT2D eigenvalue weighted by molar-refractivity contribution is -0.357. The van der Waals surface area contributed by atoms with Crippen molar-refractivity contribution < 1.29 is 43.4 Å². The van der Waals surface area contributed by atoms with Gasteiger partial charge in [-0.2, -0.15) is 0 Å². The second-order valence-electron chi connectivity index (χ2n) is 12.3. The van der Waals surface area contributed by atoms with Crippen molar-refractivity contribution in [2.24, 2.45) is 11.8 Å². The number of benzene rings is 2. The molecule has 2 unspecified atom stereocenters. The molecule has 220 valence electrons. The van der Waals surface area contributed by atoms with Crippen molar-refractivity contribution in [2.75, 3.05) is 0 Å². The van der Waals surface area contributed by atoms with E-state index in [1.165, 1.54) is 0 Å². The molecule has 9 nitrogen and oxygen atoms in total. The van der Waals surface area contributed by atoms with Crippen LogP contribution in [0.4, 0.5) is 4.79 Å². The highest BCUT2D eigenvalue weighted by Crippen LogP contribution is 2.24. The molecule has 0 saturated carbocycles. The molecule has 0 radical (unpaired) electrons. The molecular weight excluding hydrogens is 516 g/mol. The maximum atomic E-state index is 12.5. The normalized spacial score (nSPS) is 13.5. The molecule has 0 aliphatic heterocycles. The molecule has 0 fully saturated rings. The zero-order valence-electron chi connectivity index (χ0n) is 25.1. The van der Waals surface area contributed by atoms with Gasteiger partial charge in [0.1, 0.15) is 0 Å². The predicted octanol–water partition coefficient (Wildman–Crippen LogP) is 7.28. The monoisotopic (exact) mass is 558 g/mol. The summed E-state index contributed by atoms with van der Waals surface area (Å²) in [6.07, 6.45) is -3.68. The third kappa shape index (κ3) is 9.95. The van der Waals surface area contributed by atoms with Gasteiger partial charge < -0.3 is 9.47 Å². The topological polar surface area (TPSA) is 107 Å². The third-order valence-electron chi connectivity index (χ3n) is 5.92. The SMILES string of the molecule is CC(C)C(OOC(=O)c1ccc(C(C)(C)C)cc1)OC(=O)OC(OOC(=O)c1ccc(C(C)(C)C)cc1)C(C)C. The van der Waals surface area contributed by atoms with Crippen LogP contribution in [0.3, 0.4) is 0 Å². The Kier molecular flexibility index (Phi) is 11.3. The van der Waals surface area contributed by atoms with Crippen LogP contribution in [-0.4, -0.2) is 30.7 Å². The summed E-state index contributed by atoms with van der Waals surface area (Å²) in [5, 5.41) is 0. The van der Waals surface area contributed by atoms with Gasteiger partial charge in [-0.05, 0) is 46.2 Å². The first-order chi connectivity index (χ1) is 18.5. The minimum absolute atomic E-state index is 0.0660. The summed E-state index contributed by atoms with van der Waals surface area (Å²) < 4.78 is 10.4. The third-order valence-corrected chi connectivity index (χ3v) is 5.92. The highest BCUT2D eigenvalue weighted by atomic mass is 17.2. The van der Waals surface area contributed by atoms with Crippen molar-refractivity contribution in [3.05, 3.63) is 70.8 Å². The van der Waals surface area contributed by atoms with Crippen LogP contribution < -0.4 is 0 Å². The number of carbonyl (C=O) groups is 3. The summed E-state index contributed by atoms with van der Waals surface area (Å²) >= 11 is 0. The van der Waals surface area contributed by atoms with E-state index in [1.54, 1.807) is 52.0 Å². The lowest BCUT2D eigenvalue weighted by Crippen LogP contribution is -2.33. The van der Waals surface area contributed by atoms with Gasteiger partial charge in [0.05, 0.1) is 11.1 Å². The van der Waals surface area contributed by atoms with Crippen LogP contribution in [0.15, 0.2) is 48.5 Å². The van der Waals surface area contributed by atoms with Crippen molar-refractivity contribution >= 4 is 18.1 Å². The Hall–Kier alpha value is -3.43. The first-order valence-electron chi connectivity index (χ1n) is 13.3. The molecule has 2 aromatic rings. The Morgan fingerprint density at radius 2 is 0.850 bits per heavy atom. The number of ether oxygens (including phenoxy) is 2. The fourth-order valence-electron chi connectivity index (χ4n) is 3.24. The van der Waals surface area contributed by atoms with Gasteiger partial charge in [0.15, 0.2) is 0 Å². The summed E-state index contributed by atoms with van der Waals surface area (Å²) in [7, 11) is 0. The molecular formula is C31H42O9.